The van der Waals surface area contributed by atoms with Gasteiger partial charge in [-0.05, 0) is 38.6 Å². The van der Waals surface area contributed by atoms with Gasteiger partial charge in [0.2, 0.25) is 0 Å². The molecule has 0 spiro atoms. The van der Waals surface area contributed by atoms with Crippen LogP contribution >= 0.6 is 0 Å². The third-order valence-electron chi connectivity index (χ3n) is 4.10. The molecule has 1 atom stereocenters. The molecule has 0 radical (unpaired) electrons. The summed E-state index contributed by atoms with van der Waals surface area (Å²) in [6, 6.07) is 8.21. The molecule has 0 aromatic heterocycles. The van der Waals surface area contributed by atoms with Crippen LogP contribution in [0.4, 0.5) is 5.69 Å². The summed E-state index contributed by atoms with van der Waals surface area (Å²) in [4.78, 5) is 2.35. The highest BCUT2D eigenvalue weighted by Crippen LogP contribution is 2.31. The molecule has 2 rings (SSSR count). The zero-order chi connectivity index (χ0) is 16.5. The van der Waals surface area contributed by atoms with Crippen molar-refractivity contribution >= 4 is 5.69 Å². The lowest BCUT2D eigenvalue weighted by atomic mass is 10.0. The van der Waals surface area contributed by atoms with E-state index in [2.05, 4.69) is 52.7 Å². The van der Waals surface area contributed by atoms with Crippen LogP contribution in [0.1, 0.15) is 37.9 Å². The molecule has 3 nitrogen and oxygen atoms in total. The summed E-state index contributed by atoms with van der Waals surface area (Å²) in [5, 5.41) is 13.6. The van der Waals surface area contributed by atoms with E-state index in [4.69, 9.17) is 0 Å². The van der Waals surface area contributed by atoms with E-state index in [0.717, 1.165) is 43.6 Å². The highest BCUT2D eigenvalue weighted by atomic mass is 16.3. The average molecular weight is 312 g/mol. The maximum Gasteiger partial charge on any atom is 0.0807 e. The van der Waals surface area contributed by atoms with Crippen LogP contribution in [-0.4, -0.2) is 25.2 Å². The van der Waals surface area contributed by atoms with Gasteiger partial charge in [0, 0.05) is 29.9 Å². The maximum absolute atomic E-state index is 10.4. The highest BCUT2D eigenvalue weighted by molar-refractivity contribution is 5.59. The van der Waals surface area contributed by atoms with Gasteiger partial charge in [-0.15, -0.1) is 0 Å². The molecule has 1 aliphatic carbocycles. The zero-order valence-corrected chi connectivity index (χ0v) is 14.2. The van der Waals surface area contributed by atoms with Crippen LogP contribution in [0.2, 0.25) is 0 Å². The van der Waals surface area contributed by atoms with Crippen molar-refractivity contribution in [3.8, 4) is 0 Å². The molecule has 1 aliphatic rings. The summed E-state index contributed by atoms with van der Waals surface area (Å²) in [6.07, 6.45) is 12.8. The van der Waals surface area contributed by atoms with Crippen molar-refractivity contribution in [1.29, 1.82) is 0 Å². The summed E-state index contributed by atoms with van der Waals surface area (Å²) in [7, 11) is 1.98. The molecule has 1 aromatic rings. The molecule has 2 N–H and O–H groups in total. The molecule has 0 amide bonds. The van der Waals surface area contributed by atoms with Crippen LogP contribution in [0, 0.1) is 0 Å². The molecule has 3 heteroatoms. The lowest BCUT2D eigenvalue weighted by Crippen LogP contribution is -2.27. The number of benzene rings is 1. The highest BCUT2D eigenvalue weighted by Gasteiger charge is 2.18. The Morgan fingerprint density at radius 3 is 2.83 bits per heavy atom. The Bertz CT molecular complexity index is 575. The number of aliphatic hydroxyl groups excluding tert-OH is 1. The first kappa shape index (κ1) is 17.5. The standard InChI is InChI=1S/C20H28N2O/c1-3-20(23)18-13-8-9-14-19(18)22(16-10-15-21-2)17-11-6-4-5-7-12-17/h4-9,11,13-14,20-21,23H,3,10,12,15-16H2,1-2H3. The molecule has 0 heterocycles. The van der Waals surface area contributed by atoms with Crippen LogP contribution < -0.4 is 10.2 Å². The topological polar surface area (TPSA) is 35.5 Å². The monoisotopic (exact) mass is 312 g/mol. The van der Waals surface area contributed by atoms with E-state index in [9.17, 15) is 5.11 Å². The van der Waals surface area contributed by atoms with Gasteiger partial charge in [0.05, 0.1) is 6.10 Å². The van der Waals surface area contributed by atoms with E-state index < -0.39 is 6.10 Å². The lowest BCUT2D eigenvalue weighted by Gasteiger charge is -2.30. The van der Waals surface area contributed by atoms with Crippen molar-refractivity contribution in [2.75, 3.05) is 25.0 Å². The van der Waals surface area contributed by atoms with E-state index in [0.29, 0.717) is 0 Å². The van der Waals surface area contributed by atoms with Gasteiger partial charge in [0.1, 0.15) is 0 Å². The molecule has 0 fully saturated rings. The van der Waals surface area contributed by atoms with Gasteiger partial charge in [-0.3, -0.25) is 0 Å². The number of hydrogen-bond acceptors (Lipinski definition) is 3. The summed E-state index contributed by atoms with van der Waals surface area (Å²) in [6.45, 7) is 3.93. The Kier molecular flexibility index (Phi) is 7.11. The molecule has 0 aliphatic heterocycles. The first-order chi connectivity index (χ1) is 11.3. The predicted molar refractivity (Wildman–Crippen MR) is 98.6 cm³/mol. The van der Waals surface area contributed by atoms with Crippen molar-refractivity contribution in [3.05, 3.63) is 65.9 Å². The second-order valence-corrected chi connectivity index (χ2v) is 5.77. The van der Waals surface area contributed by atoms with Gasteiger partial charge >= 0.3 is 0 Å². The van der Waals surface area contributed by atoms with E-state index in [1.165, 1.54) is 5.70 Å². The number of hydrogen-bond donors (Lipinski definition) is 2. The SMILES string of the molecule is CCC(O)c1ccccc1N(CCCNC)C1=CC=CC=CC1. The third-order valence-corrected chi connectivity index (χ3v) is 4.10. The molecule has 23 heavy (non-hydrogen) atoms. The minimum absolute atomic E-state index is 0.421. The zero-order valence-electron chi connectivity index (χ0n) is 14.2. The fourth-order valence-corrected chi connectivity index (χ4v) is 2.83. The van der Waals surface area contributed by atoms with Crippen molar-refractivity contribution in [2.45, 2.75) is 32.3 Å². The van der Waals surface area contributed by atoms with Gasteiger partial charge in [-0.2, -0.15) is 0 Å². The van der Waals surface area contributed by atoms with Crippen LogP contribution in [0.25, 0.3) is 0 Å². The Balaban J connectivity index is 2.35. The molecule has 1 unspecified atom stereocenters. The number of rotatable bonds is 8. The van der Waals surface area contributed by atoms with Crippen LogP contribution in [0.15, 0.2) is 60.3 Å². The maximum atomic E-state index is 10.4. The van der Waals surface area contributed by atoms with Crippen molar-refractivity contribution in [1.82, 2.24) is 5.32 Å². The average Bonchev–Trinajstić information content (AvgIpc) is 2.87. The molecular weight excluding hydrogens is 284 g/mol. The number of para-hydroxylation sites is 1. The lowest BCUT2D eigenvalue weighted by molar-refractivity contribution is 0.174. The second kappa shape index (κ2) is 9.33. The van der Waals surface area contributed by atoms with Crippen molar-refractivity contribution in [3.63, 3.8) is 0 Å². The van der Waals surface area contributed by atoms with Crippen LogP contribution in [0.3, 0.4) is 0 Å². The molecule has 124 valence electrons. The Morgan fingerprint density at radius 1 is 1.22 bits per heavy atom. The van der Waals surface area contributed by atoms with E-state index in [1.54, 1.807) is 0 Å². The van der Waals surface area contributed by atoms with Crippen LogP contribution in [0.5, 0.6) is 0 Å². The van der Waals surface area contributed by atoms with Gasteiger partial charge in [-0.1, -0.05) is 49.4 Å². The van der Waals surface area contributed by atoms with E-state index in [-0.39, 0.29) is 0 Å². The number of nitrogens with zero attached hydrogens (tertiary/aromatic N) is 1. The minimum Gasteiger partial charge on any atom is -0.388 e. The smallest absolute Gasteiger partial charge is 0.0807 e. The number of aliphatic hydroxyl groups is 1. The molecule has 0 bridgehead atoms. The number of nitrogens with one attached hydrogen (secondary N) is 1. The summed E-state index contributed by atoms with van der Waals surface area (Å²) < 4.78 is 0. The second-order valence-electron chi connectivity index (χ2n) is 5.77. The van der Waals surface area contributed by atoms with Crippen molar-refractivity contribution in [2.24, 2.45) is 0 Å². The summed E-state index contributed by atoms with van der Waals surface area (Å²) in [5.74, 6) is 0. The number of allylic oxidation sites excluding steroid dienone is 5. The first-order valence-electron chi connectivity index (χ1n) is 8.49. The fourth-order valence-electron chi connectivity index (χ4n) is 2.83. The first-order valence-corrected chi connectivity index (χ1v) is 8.49. The molecule has 0 saturated heterocycles. The number of anilines is 1. The van der Waals surface area contributed by atoms with Gasteiger partial charge < -0.3 is 15.3 Å². The van der Waals surface area contributed by atoms with Gasteiger partial charge in [0.15, 0.2) is 0 Å². The molecule has 1 aromatic carbocycles. The predicted octanol–water partition coefficient (Wildman–Crippen LogP) is 3.95. The van der Waals surface area contributed by atoms with E-state index in [1.807, 2.05) is 26.1 Å². The fraction of sp³-hybridized carbons (Fsp3) is 0.400. The molecular formula is C20H28N2O. The Labute approximate surface area is 140 Å². The van der Waals surface area contributed by atoms with Crippen molar-refractivity contribution < 1.29 is 5.11 Å². The van der Waals surface area contributed by atoms with E-state index >= 15 is 0 Å². The van der Waals surface area contributed by atoms with Gasteiger partial charge in [0.25, 0.3) is 0 Å². The minimum atomic E-state index is -0.421. The normalized spacial score (nSPS) is 15.2. The Hall–Kier alpha value is -1.84. The largest absolute Gasteiger partial charge is 0.388 e. The van der Waals surface area contributed by atoms with Crippen LogP contribution in [-0.2, 0) is 0 Å². The van der Waals surface area contributed by atoms with Gasteiger partial charge in [-0.25, -0.2) is 0 Å². The quantitative estimate of drug-likeness (QED) is 0.714. The third kappa shape index (κ3) is 4.81. The molecule has 0 saturated carbocycles. The Morgan fingerprint density at radius 2 is 2.04 bits per heavy atom. The summed E-state index contributed by atoms with van der Waals surface area (Å²) in [5.41, 5.74) is 3.40. The summed E-state index contributed by atoms with van der Waals surface area (Å²) >= 11 is 0.